The molecule has 0 unspecified atom stereocenters. The molecule has 0 aliphatic carbocycles. The summed E-state index contributed by atoms with van der Waals surface area (Å²) >= 11 is 0. The predicted octanol–water partition coefficient (Wildman–Crippen LogP) is 2.87. The molecule has 2 aromatic carbocycles. The number of aromatic nitrogens is 2. The minimum Gasteiger partial charge on any atom is -0.361 e. The van der Waals surface area contributed by atoms with Crippen molar-refractivity contribution >= 4 is 63.9 Å². The van der Waals surface area contributed by atoms with Crippen LogP contribution in [0.4, 0.5) is 11.4 Å². The van der Waals surface area contributed by atoms with Gasteiger partial charge in [-0.25, -0.2) is 4.79 Å². The van der Waals surface area contributed by atoms with Gasteiger partial charge in [0, 0.05) is 56.2 Å². The Bertz CT molecular complexity index is 1390. The van der Waals surface area contributed by atoms with Crippen molar-refractivity contribution in [2.75, 3.05) is 19.4 Å². The van der Waals surface area contributed by atoms with Crippen LogP contribution in [0.25, 0.3) is 21.8 Å². The van der Waals surface area contributed by atoms with E-state index >= 15 is 0 Å². The maximum absolute atomic E-state index is 11.5. The molecule has 0 bridgehead atoms. The summed E-state index contributed by atoms with van der Waals surface area (Å²) in [7, 11) is 3.88. The van der Waals surface area contributed by atoms with Gasteiger partial charge in [-0.1, -0.05) is 12.1 Å². The molecule has 2 N–H and O–H groups in total. The number of hydrogen-bond donors (Lipinski definition) is 2. The number of nitrogens with zero attached hydrogens (tertiary/aromatic N) is 3. The summed E-state index contributed by atoms with van der Waals surface area (Å²) in [5.74, 6) is -0.442. The Morgan fingerprint density at radius 3 is 2.62 bits per heavy atom. The van der Waals surface area contributed by atoms with E-state index in [0.717, 1.165) is 33.2 Å². The number of nitrogens with one attached hydrogen (secondary N) is 2. The molecule has 11 heteroatoms. The fourth-order valence-corrected chi connectivity index (χ4v) is 4.01. The molecule has 1 aliphatic heterocycles. The monoisotopic (exact) mass is 456 g/mol. The molecule has 34 heavy (non-hydrogen) atoms. The maximum atomic E-state index is 11.5. The van der Waals surface area contributed by atoms with Gasteiger partial charge in [-0.2, -0.15) is 4.73 Å². The molecule has 0 spiro atoms. The first kappa shape index (κ1) is 25.0. The molecule has 1 aliphatic rings. The molecule has 0 saturated carbocycles. The number of carbonyl (C=O) groups excluding carboxylic acids is 2. The molecule has 0 atom stereocenters. The van der Waals surface area contributed by atoms with Gasteiger partial charge in [0.1, 0.15) is 0 Å². The smallest absolute Gasteiger partial charge is 0.329 e. The summed E-state index contributed by atoms with van der Waals surface area (Å²) in [6, 6.07) is 10.6. The third kappa shape index (κ3) is 4.99. The number of carbonyl (C=O) groups is 2. The van der Waals surface area contributed by atoms with Crippen molar-refractivity contribution in [1.82, 2.24) is 14.6 Å². The van der Waals surface area contributed by atoms with E-state index in [1.807, 2.05) is 49.5 Å². The van der Waals surface area contributed by atoms with Crippen LogP contribution in [0.1, 0.15) is 18.1 Å². The summed E-state index contributed by atoms with van der Waals surface area (Å²) < 4.78 is 1.41. The minimum atomic E-state index is -0.391. The van der Waals surface area contributed by atoms with Gasteiger partial charge in [-0.05, 0) is 43.4 Å². The average Bonchev–Trinajstić information content (AvgIpc) is 3.30. The fourth-order valence-electron chi connectivity index (χ4n) is 4.01. The Morgan fingerprint density at radius 2 is 1.94 bits per heavy atom. The normalized spacial score (nSPS) is 12.1. The second-order valence-corrected chi connectivity index (χ2v) is 8.00. The van der Waals surface area contributed by atoms with Gasteiger partial charge < -0.3 is 20.0 Å². The molecule has 2 aromatic heterocycles. The number of anilines is 1. The SMILES string of the molecule is CC(=O)On1cc2c3c(cccc31)NC(=O)C2.CN(C)Cc1c[nH]c2cccc([N+](=O)[O-])c12.[Li]. The molecule has 10 nitrogen and oxygen atoms in total. The average molecular weight is 456 g/mol. The summed E-state index contributed by atoms with van der Waals surface area (Å²) in [5.41, 5.74) is 4.35. The first-order chi connectivity index (χ1) is 15.7. The zero-order valence-corrected chi connectivity index (χ0v) is 19.4. The van der Waals surface area contributed by atoms with E-state index in [1.54, 1.807) is 12.3 Å². The number of nitro groups is 1. The van der Waals surface area contributed by atoms with E-state index in [0.29, 0.717) is 18.4 Å². The van der Waals surface area contributed by atoms with Gasteiger partial charge in [0.15, 0.2) is 0 Å². The van der Waals surface area contributed by atoms with E-state index in [1.165, 1.54) is 17.7 Å². The Balaban J connectivity index is 0.000000186. The Kier molecular flexibility index (Phi) is 7.47. The number of rotatable bonds is 4. The number of non-ortho nitro benzene ring substituents is 1. The zero-order valence-electron chi connectivity index (χ0n) is 19.4. The van der Waals surface area contributed by atoms with Crippen LogP contribution >= 0.6 is 0 Å². The van der Waals surface area contributed by atoms with Crippen molar-refractivity contribution in [2.45, 2.75) is 19.9 Å². The first-order valence-electron chi connectivity index (χ1n) is 10.2. The van der Waals surface area contributed by atoms with Crippen LogP contribution in [0.15, 0.2) is 48.8 Å². The van der Waals surface area contributed by atoms with Crippen LogP contribution in [-0.2, 0) is 22.6 Å². The molecule has 4 aromatic rings. The molecule has 0 fully saturated rings. The second kappa shape index (κ2) is 10.1. The third-order valence-corrected chi connectivity index (χ3v) is 5.17. The number of nitro benzene ring substituents is 1. The Labute approximate surface area is 207 Å². The first-order valence-corrected chi connectivity index (χ1v) is 10.2. The van der Waals surface area contributed by atoms with Crippen LogP contribution < -0.4 is 10.2 Å². The van der Waals surface area contributed by atoms with Crippen molar-refractivity contribution < 1.29 is 19.3 Å². The number of aromatic amines is 1. The van der Waals surface area contributed by atoms with Crippen molar-refractivity contribution in [3.05, 3.63) is 70.0 Å². The predicted molar refractivity (Wildman–Crippen MR) is 130 cm³/mol. The van der Waals surface area contributed by atoms with Gasteiger partial charge in [-0.15, -0.1) is 0 Å². The van der Waals surface area contributed by atoms with E-state index in [-0.39, 0.29) is 35.4 Å². The van der Waals surface area contributed by atoms with Gasteiger partial charge in [-0.3, -0.25) is 14.9 Å². The largest absolute Gasteiger partial charge is 0.361 e. The second-order valence-electron chi connectivity index (χ2n) is 8.00. The van der Waals surface area contributed by atoms with E-state index in [2.05, 4.69) is 10.3 Å². The van der Waals surface area contributed by atoms with Crippen LogP contribution in [0.3, 0.4) is 0 Å². The molecular formula is C23H23LiN5O5. The standard InChI is InChI=1S/C12H10N2O3.C11H13N3O2.Li/c1-7(15)17-14-6-8-5-11(16)13-9-3-2-4-10(14)12(8)9;1-13(2)7-8-6-12-9-4-3-5-10(11(8)9)14(15)16;/h2-4,6H,5H2,1H3,(H,13,16);3-6,12H,7H2,1-2H3;. The number of amides is 1. The van der Waals surface area contributed by atoms with Crippen LogP contribution in [0, 0.1) is 10.1 Å². The van der Waals surface area contributed by atoms with Gasteiger partial charge in [0.25, 0.3) is 5.69 Å². The maximum Gasteiger partial charge on any atom is 0.329 e. The summed E-state index contributed by atoms with van der Waals surface area (Å²) in [5, 5.41) is 15.4. The quantitative estimate of drug-likeness (QED) is 0.277. The fraction of sp³-hybridized carbons (Fsp3) is 0.217. The third-order valence-electron chi connectivity index (χ3n) is 5.17. The molecule has 1 radical (unpaired) electrons. The van der Waals surface area contributed by atoms with Crippen LogP contribution in [-0.4, -0.2) is 64.4 Å². The van der Waals surface area contributed by atoms with Crippen LogP contribution in [0.5, 0.6) is 0 Å². The van der Waals surface area contributed by atoms with E-state index in [9.17, 15) is 19.7 Å². The van der Waals surface area contributed by atoms with Gasteiger partial charge in [0.2, 0.25) is 5.91 Å². The van der Waals surface area contributed by atoms with Gasteiger partial charge in [0.05, 0.1) is 33.5 Å². The zero-order chi connectivity index (χ0) is 23.7. The molecule has 3 heterocycles. The van der Waals surface area contributed by atoms with Gasteiger partial charge >= 0.3 is 5.97 Å². The molecule has 1 amide bonds. The summed E-state index contributed by atoms with van der Waals surface area (Å²) in [6.45, 7) is 2.03. The number of fused-ring (bicyclic) bond motifs is 1. The van der Waals surface area contributed by atoms with Crippen LogP contribution in [0.2, 0.25) is 0 Å². The minimum absolute atomic E-state index is 0. The molecule has 0 saturated heterocycles. The molecular weight excluding hydrogens is 433 g/mol. The van der Waals surface area contributed by atoms with Crippen molar-refractivity contribution in [2.24, 2.45) is 0 Å². The van der Waals surface area contributed by atoms with Crippen molar-refractivity contribution in [1.29, 1.82) is 0 Å². The molecule has 171 valence electrons. The number of H-pyrrole nitrogens is 1. The Morgan fingerprint density at radius 1 is 1.21 bits per heavy atom. The summed E-state index contributed by atoms with van der Waals surface area (Å²) in [4.78, 5) is 43.2. The van der Waals surface area contributed by atoms with E-state index in [4.69, 9.17) is 4.84 Å². The molecule has 5 rings (SSSR count). The topological polar surface area (TPSA) is 122 Å². The number of benzene rings is 2. The Hall–Kier alpha value is -3.58. The van der Waals surface area contributed by atoms with E-state index < -0.39 is 5.97 Å². The number of hydrogen-bond acceptors (Lipinski definition) is 6. The summed E-state index contributed by atoms with van der Waals surface area (Å²) in [6.07, 6.45) is 3.83. The van der Waals surface area contributed by atoms with Crippen molar-refractivity contribution in [3.8, 4) is 0 Å². The van der Waals surface area contributed by atoms with Crippen molar-refractivity contribution in [3.63, 3.8) is 0 Å².